The first-order valence-electron chi connectivity index (χ1n) is 7.73. The summed E-state index contributed by atoms with van der Waals surface area (Å²) in [5, 5.41) is 5.72. The molecule has 0 saturated heterocycles. The number of hydrogen-bond donors (Lipinski definition) is 2. The second-order valence-corrected chi connectivity index (χ2v) is 5.60. The molecule has 23 heavy (non-hydrogen) atoms. The molecule has 0 bridgehead atoms. The second kappa shape index (κ2) is 7.63. The van der Waals surface area contributed by atoms with Crippen LogP contribution in [0.25, 0.3) is 0 Å². The third-order valence-corrected chi connectivity index (χ3v) is 3.73. The molecule has 1 aromatic carbocycles. The minimum absolute atomic E-state index is 0.0823. The van der Waals surface area contributed by atoms with Gasteiger partial charge in [-0.25, -0.2) is 0 Å². The quantitative estimate of drug-likeness (QED) is 0.861. The van der Waals surface area contributed by atoms with Crippen LogP contribution in [0, 0.1) is 6.92 Å². The summed E-state index contributed by atoms with van der Waals surface area (Å²) in [5.41, 5.74) is 2.34. The zero-order valence-electron chi connectivity index (χ0n) is 13.7. The van der Waals surface area contributed by atoms with E-state index in [2.05, 4.69) is 10.6 Å². The Balaban J connectivity index is 1.91. The molecule has 2 amide bonds. The van der Waals surface area contributed by atoms with Gasteiger partial charge in [0.05, 0.1) is 6.26 Å². The van der Waals surface area contributed by atoms with Crippen LogP contribution in [-0.2, 0) is 6.54 Å². The monoisotopic (exact) mass is 314 g/mol. The van der Waals surface area contributed by atoms with Crippen LogP contribution >= 0.6 is 0 Å². The zero-order valence-corrected chi connectivity index (χ0v) is 13.7. The van der Waals surface area contributed by atoms with Crippen LogP contribution in [0.5, 0.6) is 0 Å². The summed E-state index contributed by atoms with van der Waals surface area (Å²) in [7, 11) is 0. The number of carbonyl (C=O) groups is 2. The van der Waals surface area contributed by atoms with Crippen LogP contribution in [0.1, 0.15) is 52.3 Å². The standard InChI is InChI=1S/C18H22N2O3/c1-4-13(3)20-17(21)15-7-5-14(6-8-15)11-19-18(22)16-12(2)9-10-23-16/h5-10,13H,4,11H2,1-3H3,(H,19,22)(H,20,21)/t13-/m1/s1. The van der Waals surface area contributed by atoms with Gasteiger partial charge in [0, 0.05) is 23.7 Å². The van der Waals surface area contributed by atoms with Crippen molar-refractivity contribution in [2.45, 2.75) is 39.8 Å². The van der Waals surface area contributed by atoms with Gasteiger partial charge in [-0.1, -0.05) is 19.1 Å². The maximum atomic E-state index is 12.0. The first kappa shape index (κ1) is 16.8. The van der Waals surface area contributed by atoms with Crippen molar-refractivity contribution in [3.63, 3.8) is 0 Å². The summed E-state index contributed by atoms with van der Waals surface area (Å²) in [6, 6.07) is 9.09. The van der Waals surface area contributed by atoms with Gasteiger partial charge in [-0.15, -0.1) is 0 Å². The van der Waals surface area contributed by atoms with E-state index in [0.29, 0.717) is 17.9 Å². The number of rotatable bonds is 6. The normalized spacial score (nSPS) is 11.8. The maximum absolute atomic E-state index is 12.0. The van der Waals surface area contributed by atoms with E-state index in [0.717, 1.165) is 17.5 Å². The summed E-state index contributed by atoms with van der Waals surface area (Å²) in [6.45, 7) is 6.20. The van der Waals surface area contributed by atoms with Crippen molar-refractivity contribution < 1.29 is 14.0 Å². The Labute approximate surface area is 136 Å². The van der Waals surface area contributed by atoms with Gasteiger partial charge in [0.15, 0.2) is 5.76 Å². The molecule has 2 rings (SSSR count). The Hall–Kier alpha value is -2.56. The highest BCUT2D eigenvalue weighted by Gasteiger charge is 2.12. The summed E-state index contributed by atoms with van der Waals surface area (Å²) in [4.78, 5) is 24.0. The van der Waals surface area contributed by atoms with Crippen molar-refractivity contribution in [1.82, 2.24) is 10.6 Å². The average Bonchev–Trinajstić information content (AvgIpc) is 2.99. The summed E-state index contributed by atoms with van der Waals surface area (Å²) in [6.07, 6.45) is 2.39. The van der Waals surface area contributed by atoms with Crippen LogP contribution in [0.4, 0.5) is 0 Å². The largest absolute Gasteiger partial charge is 0.459 e. The predicted molar refractivity (Wildman–Crippen MR) is 88.3 cm³/mol. The van der Waals surface area contributed by atoms with Gasteiger partial charge in [0.1, 0.15) is 0 Å². The van der Waals surface area contributed by atoms with Crippen molar-refractivity contribution in [2.24, 2.45) is 0 Å². The SMILES string of the molecule is CC[C@@H](C)NC(=O)c1ccc(CNC(=O)c2occc2C)cc1. The highest BCUT2D eigenvalue weighted by Crippen LogP contribution is 2.09. The minimum Gasteiger partial charge on any atom is -0.459 e. The summed E-state index contributed by atoms with van der Waals surface area (Å²) < 4.78 is 5.15. The van der Waals surface area contributed by atoms with Gasteiger partial charge in [0.25, 0.3) is 11.8 Å². The van der Waals surface area contributed by atoms with Gasteiger partial charge < -0.3 is 15.1 Å². The molecule has 1 heterocycles. The van der Waals surface area contributed by atoms with Crippen LogP contribution < -0.4 is 10.6 Å². The predicted octanol–water partition coefficient (Wildman–Crippen LogP) is 3.05. The number of nitrogens with one attached hydrogen (secondary N) is 2. The highest BCUT2D eigenvalue weighted by atomic mass is 16.3. The summed E-state index contributed by atoms with van der Waals surface area (Å²) in [5.74, 6) is 0.00165. The fourth-order valence-electron chi connectivity index (χ4n) is 2.05. The van der Waals surface area contributed by atoms with Crippen LogP contribution in [0.15, 0.2) is 41.0 Å². The molecule has 0 aliphatic carbocycles. The fourth-order valence-corrected chi connectivity index (χ4v) is 2.05. The molecular formula is C18H22N2O3. The molecule has 1 aromatic heterocycles. The fraction of sp³-hybridized carbons (Fsp3) is 0.333. The number of benzene rings is 1. The lowest BCUT2D eigenvalue weighted by Gasteiger charge is -2.11. The summed E-state index contributed by atoms with van der Waals surface area (Å²) >= 11 is 0. The van der Waals surface area contributed by atoms with Crippen molar-refractivity contribution in [1.29, 1.82) is 0 Å². The molecule has 0 radical (unpaired) electrons. The zero-order chi connectivity index (χ0) is 16.8. The number of aryl methyl sites for hydroxylation is 1. The van der Waals surface area contributed by atoms with E-state index in [-0.39, 0.29) is 17.9 Å². The Morgan fingerprint density at radius 1 is 1.13 bits per heavy atom. The number of carbonyl (C=O) groups excluding carboxylic acids is 2. The van der Waals surface area contributed by atoms with E-state index >= 15 is 0 Å². The molecule has 0 unspecified atom stereocenters. The molecule has 2 N–H and O–H groups in total. The molecule has 0 fully saturated rings. The second-order valence-electron chi connectivity index (χ2n) is 5.60. The minimum atomic E-state index is -0.244. The van der Waals surface area contributed by atoms with Crippen LogP contribution in [0.3, 0.4) is 0 Å². The Morgan fingerprint density at radius 3 is 2.39 bits per heavy atom. The van der Waals surface area contributed by atoms with Crippen molar-refractivity contribution in [3.05, 3.63) is 59.0 Å². The Kier molecular flexibility index (Phi) is 5.57. The molecule has 0 spiro atoms. The van der Waals surface area contributed by atoms with Gasteiger partial charge in [0.2, 0.25) is 0 Å². The van der Waals surface area contributed by atoms with E-state index in [1.807, 2.05) is 32.9 Å². The molecule has 0 saturated carbocycles. The van der Waals surface area contributed by atoms with E-state index < -0.39 is 0 Å². The molecule has 1 atom stereocenters. The molecule has 0 aliphatic heterocycles. The lowest BCUT2D eigenvalue weighted by Crippen LogP contribution is -2.31. The van der Waals surface area contributed by atoms with Crippen molar-refractivity contribution in [2.75, 3.05) is 0 Å². The lowest BCUT2D eigenvalue weighted by molar-refractivity contribution is 0.0918. The third-order valence-electron chi connectivity index (χ3n) is 3.73. The Bertz CT molecular complexity index is 674. The van der Waals surface area contributed by atoms with Crippen LogP contribution in [-0.4, -0.2) is 17.9 Å². The molecular weight excluding hydrogens is 292 g/mol. The van der Waals surface area contributed by atoms with Crippen molar-refractivity contribution in [3.8, 4) is 0 Å². The van der Waals surface area contributed by atoms with Gasteiger partial charge >= 0.3 is 0 Å². The number of amides is 2. The average molecular weight is 314 g/mol. The molecule has 0 aliphatic rings. The van der Waals surface area contributed by atoms with Gasteiger partial charge in [-0.3, -0.25) is 9.59 Å². The van der Waals surface area contributed by atoms with Gasteiger partial charge in [-0.2, -0.15) is 0 Å². The molecule has 2 aromatic rings. The number of hydrogen-bond acceptors (Lipinski definition) is 3. The smallest absolute Gasteiger partial charge is 0.287 e. The van der Waals surface area contributed by atoms with E-state index in [1.165, 1.54) is 6.26 Å². The molecule has 5 nitrogen and oxygen atoms in total. The van der Waals surface area contributed by atoms with E-state index in [4.69, 9.17) is 4.42 Å². The van der Waals surface area contributed by atoms with Crippen molar-refractivity contribution >= 4 is 11.8 Å². The van der Waals surface area contributed by atoms with E-state index in [1.54, 1.807) is 18.2 Å². The molecule has 122 valence electrons. The highest BCUT2D eigenvalue weighted by molar-refractivity contribution is 5.94. The maximum Gasteiger partial charge on any atom is 0.287 e. The van der Waals surface area contributed by atoms with Crippen LogP contribution in [0.2, 0.25) is 0 Å². The number of furan rings is 1. The first-order valence-corrected chi connectivity index (χ1v) is 7.73. The Morgan fingerprint density at radius 2 is 1.83 bits per heavy atom. The lowest BCUT2D eigenvalue weighted by atomic mass is 10.1. The molecule has 5 heteroatoms. The first-order chi connectivity index (χ1) is 11.0. The van der Waals surface area contributed by atoms with E-state index in [9.17, 15) is 9.59 Å². The third kappa shape index (κ3) is 4.45. The topological polar surface area (TPSA) is 71.3 Å². The van der Waals surface area contributed by atoms with Gasteiger partial charge in [-0.05, 0) is 44.0 Å².